The number of aryl methyl sites for hydroxylation is 1. The van der Waals surface area contributed by atoms with E-state index in [-0.39, 0.29) is 6.04 Å². The normalized spacial score (nSPS) is 12.7. The lowest BCUT2D eigenvalue weighted by Crippen LogP contribution is -2.31. The fourth-order valence-corrected chi connectivity index (χ4v) is 3.20. The largest absolute Gasteiger partial charge is 0.271 e. The molecule has 7 heteroatoms. The predicted molar refractivity (Wildman–Crippen MR) is 88.9 cm³/mol. The zero-order valence-corrected chi connectivity index (χ0v) is 14.7. The van der Waals surface area contributed by atoms with Crippen molar-refractivity contribution in [1.82, 2.24) is 15.2 Å². The smallest absolute Gasteiger partial charge is 0.0904 e. The van der Waals surface area contributed by atoms with Gasteiger partial charge in [0.1, 0.15) is 0 Å². The molecule has 1 unspecified atom stereocenters. The van der Waals surface area contributed by atoms with Crippen molar-refractivity contribution in [3.05, 3.63) is 48.7 Å². The van der Waals surface area contributed by atoms with Crippen LogP contribution in [-0.2, 0) is 6.54 Å². The molecule has 0 saturated carbocycles. The Hall–Kier alpha value is -0.150. The molecule has 0 bridgehead atoms. The van der Waals surface area contributed by atoms with Crippen molar-refractivity contribution in [3.63, 3.8) is 0 Å². The van der Waals surface area contributed by atoms with Gasteiger partial charge < -0.3 is 0 Å². The molecule has 19 heavy (non-hydrogen) atoms. The summed E-state index contributed by atoms with van der Waals surface area (Å²) >= 11 is 12.1. The summed E-state index contributed by atoms with van der Waals surface area (Å²) in [5.74, 6) is 5.73. The zero-order chi connectivity index (χ0) is 14.0. The molecule has 1 heterocycles. The van der Waals surface area contributed by atoms with Gasteiger partial charge in [0.25, 0.3) is 0 Å². The van der Waals surface area contributed by atoms with Crippen molar-refractivity contribution in [2.45, 2.75) is 19.5 Å². The van der Waals surface area contributed by atoms with Gasteiger partial charge in [-0.1, -0.05) is 27.5 Å². The lowest BCUT2D eigenvalue weighted by atomic mass is 10.0. The third-order valence-corrected chi connectivity index (χ3v) is 4.53. The minimum Gasteiger partial charge on any atom is -0.271 e. The van der Waals surface area contributed by atoms with Crippen LogP contribution in [0.25, 0.3) is 0 Å². The van der Waals surface area contributed by atoms with Gasteiger partial charge in [-0.05, 0) is 53.3 Å². The van der Waals surface area contributed by atoms with Gasteiger partial charge in [-0.3, -0.25) is 10.5 Å². The Morgan fingerprint density at radius 1 is 1.58 bits per heavy atom. The molecule has 1 aromatic carbocycles. The van der Waals surface area contributed by atoms with Gasteiger partial charge >= 0.3 is 0 Å². The molecule has 0 spiro atoms. The molecule has 2 rings (SSSR count). The second-order valence-corrected chi connectivity index (χ2v) is 6.47. The number of hydrazine groups is 1. The topological polar surface area (TPSA) is 55.9 Å². The van der Waals surface area contributed by atoms with Gasteiger partial charge in [-0.25, -0.2) is 5.43 Å². The average molecular weight is 456 g/mol. The second kappa shape index (κ2) is 6.53. The Morgan fingerprint density at radius 3 is 2.95 bits per heavy atom. The van der Waals surface area contributed by atoms with Crippen LogP contribution in [0, 0.1) is 3.57 Å². The number of nitrogens with one attached hydrogen (secondary N) is 1. The van der Waals surface area contributed by atoms with E-state index in [9.17, 15) is 0 Å². The number of benzene rings is 1. The molecule has 3 N–H and O–H groups in total. The first kappa shape index (κ1) is 15.2. The van der Waals surface area contributed by atoms with Crippen LogP contribution in [0.3, 0.4) is 0 Å². The molecule has 1 aromatic heterocycles. The van der Waals surface area contributed by atoms with Gasteiger partial charge in [-0.2, -0.15) is 5.10 Å². The van der Waals surface area contributed by atoms with Crippen molar-refractivity contribution in [2.75, 3.05) is 0 Å². The van der Waals surface area contributed by atoms with Crippen LogP contribution in [0.5, 0.6) is 0 Å². The molecular formula is C12H13BrClIN4. The highest BCUT2D eigenvalue weighted by atomic mass is 127. The second-order valence-electron chi connectivity index (χ2n) is 3.96. The third-order valence-electron chi connectivity index (χ3n) is 2.84. The van der Waals surface area contributed by atoms with Gasteiger partial charge in [-0.15, -0.1) is 0 Å². The van der Waals surface area contributed by atoms with Gasteiger partial charge in [0.15, 0.2) is 0 Å². The van der Waals surface area contributed by atoms with Crippen LogP contribution >= 0.6 is 50.1 Å². The Balaban J connectivity index is 2.56. The highest BCUT2D eigenvalue weighted by Crippen LogP contribution is 2.32. The third kappa shape index (κ3) is 3.13. The van der Waals surface area contributed by atoms with E-state index in [1.165, 1.54) is 0 Å². The van der Waals surface area contributed by atoms with Crippen LogP contribution in [0.1, 0.15) is 24.2 Å². The Bertz CT molecular complexity index is 587. The van der Waals surface area contributed by atoms with E-state index in [0.717, 1.165) is 25.8 Å². The Labute approximate surface area is 138 Å². The number of rotatable bonds is 4. The highest BCUT2D eigenvalue weighted by molar-refractivity contribution is 14.1. The molecule has 0 aliphatic rings. The van der Waals surface area contributed by atoms with Crippen LogP contribution in [0.4, 0.5) is 0 Å². The molecule has 0 aliphatic carbocycles. The van der Waals surface area contributed by atoms with E-state index in [1.807, 2.05) is 23.7 Å². The number of hydrogen-bond donors (Lipinski definition) is 2. The molecule has 1 atom stereocenters. The first-order valence-corrected chi connectivity index (χ1v) is 7.95. The van der Waals surface area contributed by atoms with Crippen molar-refractivity contribution < 1.29 is 0 Å². The van der Waals surface area contributed by atoms with E-state index in [4.69, 9.17) is 17.4 Å². The number of nitrogens with two attached hydrogens (primary N) is 1. The fraction of sp³-hybridized carbons (Fsp3) is 0.250. The predicted octanol–water partition coefficient (Wildman–Crippen LogP) is 3.48. The highest BCUT2D eigenvalue weighted by Gasteiger charge is 2.22. The van der Waals surface area contributed by atoms with E-state index in [0.29, 0.717) is 5.02 Å². The maximum atomic E-state index is 6.24. The van der Waals surface area contributed by atoms with Crippen molar-refractivity contribution in [3.8, 4) is 0 Å². The summed E-state index contributed by atoms with van der Waals surface area (Å²) < 4.78 is 3.96. The molecular weight excluding hydrogens is 442 g/mol. The molecule has 0 saturated heterocycles. The summed E-state index contributed by atoms with van der Waals surface area (Å²) in [6.07, 6.45) is 1.65. The number of halogens is 3. The van der Waals surface area contributed by atoms with Gasteiger partial charge in [0.2, 0.25) is 0 Å². The summed E-state index contributed by atoms with van der Waals surface area (Å²) in [5, 5.41) is 4.86. The summed E-state index contributed by atoms with van der Waals surface area (Å²) in [6.45, 7) is 2.76. The molecule has 0 amide bonds. The van der Waals surface area contributed by atoms with Crippen LogP contribution in [-0.4, -0.2) is 9.78 Å². The lowest BCUT2D eigenvalue weighted by Gasteiger charge is -2.20. The number of nitrogens with zero attached hydrogens (tertiary/aromatic N) is 2. The van der Waals surface area contributed by atoms with Gasteiger partial charge in [0.05, 0.1) is 23.0 Å². The van der Waals surface area contributed by atoms with Gasteiger partial charge in [0, 0.05) is 14.6 Å². The van der Waals surface area contributed by atoms with Crippen molar-refractivity contribution in [1.29, 1.82) is 0 Å². The summed E-state index contributed by atoms with van der Waals surface area (Å²) in [4.78, 5) is 0. The van der Waals surface area contributed by atoms with Crippen molar-refractivity contribution in [2.24, 2.45) is 5.84 Å². The SMILES string of the molecule is CCn1ncc(Cl)c1C(NN)c1cc(I)ccc1Br. The number of aromatic nitrogens is 2. The standard InChI is InChI=1S/C12H13BrClIN4/c1-2-19-12(10(14)6-17-19)11(18-16)8-5-7(15)3-4-9(8)13/h3-6,11,18H,2,16H2,1H3. The maximum Gasteiger partial charge on any atom is 0.0904 e. The maximum absolute atomic E-state index is 6.24. The van der Waals surface area contributed by atoms with E-state index in [1.54, 1.807) is 6.20 Å². The fourth-order valence-electron chi connectivity index (χ4n) is 1.96. The molecule has 0 fully saturated rings. The quantitative estimate of drug-likeness (QED) is 0.422. The van der Waals surface area contributed by atoms with E-state index < -0.39 is 0 Å². The minimum absolute atomic E-state index is 0.209. The van der Waals surface area contributed by atoms with Crippen LogP contribution in [0.15, 0.2) is 28.9 Å². The molecule has 102 valence electrons. The summed E-state index contributed by atoms with van der Waals surface area (Å²) in [7, 11) is 0. The molecule has 2 aromatic rings. The Kier molecular flexibility index (Phi) is 5.24. The number of hydrogen-bond acceptors (Lipinski definition) is 3. The average Bonchev–Trinajstić information content (AvgIpc) is 2.76. The zero-order valence-electron chi connectivity index (χ0n) is 10.2. The molecule has 4 nitrogen and oxygen atoms in total. The monoisotopic (exact) mass is 454 g/mol. The molecule has 0 aliphatic heterocycles. The minimum atomic E-state index is -0.209. The lowest BCUT2D eigenvalue weighted by molar-refractivity contribution is 0.542. The molecule has 0 radical (unpaired) electrons. The van der Waals surface area contributed by atoms with Crippen LogP contribution < -0.4 is 11.3 Å². The van der Waals surface area contributed by atoms with E-state index >= 15 is 0 Å². The Morgan fingerprint density at radius 2 is 2.32 bits per heavy atom. The van der Waals surface area contributed by atoms with Crippen molar-refractivity contribution >= 4 is 50.1 Å². The first-order valence-electron chi connectivity index (χ1n) is 5.70. The van der Waals surface area contributed by atoms with Crippen LogP contribution in [0.2, 0.25) is 5.02 Å². The summed E-state index contributed by atoms with van der Waals surface area (Å²) in [6, 6.07) is 5.89. The first-order chi connectivity index (χ1) is 9.08. The summed E-state index contributed by atoms with van der Waals surface area (Å²) in [5.41, 5.74) is 4.73. The van der Waals surface area contributed by atoms with E-state index in [2.05, 4.69) is 55.1 Å².